The molecule has 0 saturated carbocycles. The maximum Gasteiger partial charge on any atom is 0.126 e. The predicted molar refractivity (Wildman–Crippen MR) is 97.7 cm³/mol. The highest BCUT2D eigenvalue weighted by atomic mass is 19.1. The summed E-state index contributed by atoms with van der Waals surface area (Å²) < 4.78 is 15.1. The normalized spacial score (nSPS) is 15.2. The Kier molecular flexibility index (Phi) is 5.16. The summed E-state index contributed by atoms with van der Waals surface area (Å²) in [5.41, 5.74) is 2.81. The Morgan fingerprint density at radius 3 is 2.48 bits per heavy atom. The Bertz CT molecular complexity index is 844. The SMILES string of the molecule is CC(CC(O)c1ccc(F)cc1)NC(C)c1nc2ccccc2n1C. The highest BCUT2D eigenvalue weighted by Gasteiger charge is 2.18. The number of fused-ring (bicyclic) bond motifs is 1. The molecule has 4 nitrogen and oxygen atoms in total. The fourth-order valence-corrected chi connectivity index (χ4v) is 3.28. The minimum Gasteiger partial charge on any atom is -0.388 e. The van der Waals surface area contributed by atoms with E-state index in [0.29, 0.717) is 6.42 Å². The van der Waals surface area contributed by atoms with Crippen molar-refractivity contribution in [3.05, 3.63) is 65.7 Å². The van der Waals surface area contributed by atoms with Gasteiger partial charge in [0.1, 0.15) is 11.6 Å². The summed E-state index contributed by atoms with van der Waals surface area (Å²) in [6.07, 6.45) is -0.0874. The van der Waals surface area contributed by atoms with Gasteiger partial charge >= 0.3 is 0 Å². The molecular weight excluding hydrogens is 317 g/mol. The highest BCUT2D eigenvalue weighted by Crippen LogP contribution is 2.22. The number of aryl methyl sites for hydroxylation is 1. The van der Waals surface area contributed by atoms with E-state index in [1.54, 1.807) is 12.1 Å². The number of rotatable bonds is 6. The molecule has 25 heavy (non-hydrogen) atoms. The average molecular weight is 341 g/mol. The van der Waals surface area contributed by atoms with E-state index in [2.05, 4.69) is 22.9 Å². The van der Waals surface area contributed by atoms with Crippen LogP contribution in [0.3, 0.4) is 0 Å². The van der Waals surface area contributed by atoms with Crippen molar-refractivity contribution in [2.24, 2.45) is 7.05 Å². The number of hydrogen-bond acceptors (Lipinski definition) is 3. The molecule has 3 aromatic rings. The predicted octanol–water partition coefficient (Wildman–Crippen LogP) is 3.88. The van der Waals surface area contributed by atoms with E-state index in [1.807, 2.05) is 32.2 Å². The summed E-state index contributed by atoms with van der Waals surface area (Å²) >= 11 is 0. The van der Waals surface area contributed by atoms with Crippen molar-refractivity contribution in [2.45, 2.75) is 38.5 Å². The molecule has 0 saturated heterocycles. The van der Waals surface area contributed by atoms with Crippen LogP contribution in [-0.4, -0.2) is 20.7 Å². The van der Waals surface area contributed by atoms with E-state index in [0.717, 1.165) is 22.4 Å². The summed E-state index contributed by atoms with van der Waals surface area (Å²) in [7, 11) is 2.01. The quantitative estimate of drug-likeness (QED) is 0.715. The van der Waals surface area contributed by atoms with Gasteiger partial charge in [-0.15, -0.1) is 0 Å². The number of nitrogens with zero attached hydrogens (tertiary/aromatic N) is 2. The number of aliphatic hydroxyl groups is 1. The van der Waals surface area contributed by atoms with Crippen LogP contribution in [0.15, 0.2) is 48.5 Å². The van der Waals surface area contributed by atoms with Crippen LogP contribution in [0.4, 0.5) is 4.39 Å². The van der Waals surface area contributed by atoms with Crippen molar-refractivity contribution < 1.29 is 9.50 Å². The van der Waals surface area contributed by atoms with Crippen molar-refractivity contribution in [1.29, 1.82) is 0 Å². The van der Waals surface area contributed by atoms with E-state index >= 15 is 0 Å². The van der Waals surface area contributed by atoms with Gasteiger partial charge in [-0.3, -0.25) is 0 Å². The number of aliphatic hydroxyl groups excluding tert-OH is 1. The Balaban J connectivity index is 1.66. The average Bonchev–Trinajstić information content (AvgIpc) is 2.92. The fourth-order valence-electron chi connectivity index (χ4n) is 3.28. The monoisotopic (exact) mass is 341 g/mol. The highest BCUT2D eigenvalue weighted by molar-refractivity contribution is 5.75. The van der Waals surface area contributed by atoms with E-state index in [-0.39, 0.29) is 17.9 Å². The van der Waals surface area contributed by atoms with E-state index in [1.165, 1.54) is 12.1 Å². The van der Waals surface area contributed by atoms with E-state index < -0.39 is 6.10 Å². The molecule has 3 rings (SSSR count). The van der Waals surface area contributed by atoms with Crippen LogP contribution in [-0.2, 0) is 7.05 Å². The lowest BCUT2D eigenvalue weighted by atomic mass is 10.0. The van der Waals surface area contributed by atoms with Gasteiger partial charge in [0, 0.05) is 13.1 Å². The minimum absolute atomic E-state index is 0.0489. The van der Waals surface area contributed by atoms with Gasteiger partial charge in [0.15, 0.2) is 0 Å². The maximum absolute atomic E-state index is 13.0. The van der Waals surface area contributed by atoms with Crippen LogP contribution in [0.1, 0.15) is 43.8 Å². The van der Waals surface area contributed by atoms with Crippen molar-refractivity contribution in [3.63, 3.8) is 0 Å². The number of imidazole rings is 1. The first kappa shape index (κ1) is 17.6. The zero-order valence-corrected chi connectivity index (χ0v) is 14.8. The number of nitrogens with one attached hydrogen (secondary N) is 1. The molecule has 132 valence electrons. The first-order valence-electron chi connectivity index (χ1n) is 8.56. The van der Waals surface area contributed by atoms with E-state index in [9.17, 15) is 9.50 Å². The van der Waals surface area contributed by atoms with Crippen LogP contribution >= 0.6 is 0 Å². The van der Waals surface area contributed by atoms with Gasteiger partial charge in [-0.1, -0.05) is 24.3 Å². The molecule has 3 unspecified atom stereocenters. The van der Waals surface area contributed by atoms with Crippen LogP contribution in [0.2, 0.25) is 0 Å². The Morgan fingerprint density at radius 2 is 1.80 bits per heavy atom. The molecule has 0 spiro atoms. The molecule has 0 aliphatic rings. The summed E-state index contributed by atoms with van der Waals surface area (Å²) in [5, 5.41) is 13.8. The standard InChI is InChI=1S/C20H24FN3O/c1-13(12-19(25)15-8-10-16(21)11-9-15)22-14(2)20-23-17-6-4-5-7-18(17)24(20)3/h4-11,13-14,19,22,25H,12H2,1-3H3. The second kappa shape index (κ2) is 7.33. The zero-order chi connectivity index (χ0) is 18.0. The van der Waals surface area contributed by atoms with Gasteiger partial charge in [0.2, 0.25) is 0 Å². The largest absolute Gasteiger partial charge is 0.388 e. The van der Waals surface area contributed by atoms with Crippen LogP contribution in [0.5, 0.6) is 0 Å². The molecule has 2 aromatic carbocycles. The van der Waals surface area contributed by atoms with Gasteiger partial charge in [-0.05, 0) is 50.1 Å². The molecule has 0 fully saturated rings. The van der Waals surface area contributed by atoms with Gasteiger partial charge in [0.05, 0.1) is 23.2 Å². The Morgan fingerprint density at radius 1 is 1.12 bits per heavy atom. The van der Waals surface area contributed by atoms with E-state index in [4.69, 9.17) is 4.98 Å². The molecule has 3 atom stereocenters. The third-order valence-corrected chi connectivity index (χ3v) is 4.58. The first-order chi connectivity index (χ1) is 12.0. The summed E-state index contributed by atoms with van der Waals surface area (Å²) in [5.74, 6) is 0.668. The Hall–Kier alpha value is -2.24. The van der Waals surface area contributed by atoms with Crippen molar-refractivity contribution in [3.8, 4) is 0 Å². The van der Waals surface area contributed by atoms with Gasteiger partial charge in [-0.2, -0.15) is 0 Å². The molecule has 1 heterocycles. The lowest BCUT2D eigenvalue weighted by Gasteiger charge is -2.22. The molecular formula is C20H24FN3O. The molecule has 1 aromatic heterocycles. The molecule has 5 heteroatoms. The molecule has 0 radical (unpaired) electrons. The smallest absolute Gasteiger partial charge is 0.126 e. The third kappa shape index (κ3) is 3.89. The van der Waals surface area contributed by atoms with Crippen molar-refractivity contribution in [2.75, 3.05) is 0 Å². The van der Waals surface area contributed by atoms with Gasteiger partial charge < -0.3 is 15.0 Å². The van der Waals surface area contributed by atoms with Crippen LogP contribution < -0.4 is 5.32 Å². The molecule has 0 aliphatic heterocycles. The molecule has 0 amide bonds. The van der Waals surface area contributed by atoms with Crippen LogP contribution in [0, 0.1) is 5.82 Å². The van der Waals surface area contributed by atoms with Crippen molar-refractivity contribution >= 4 is 11.0 Å². The topological polar surface area (TPSA) is 50.1 Å². The minimum atomic E-state index is -0.629. The summed E-state index contributed by atoms with van der Waals surface area (Å²) in [6.45, 7) is 4.11. The number of halogens is 1. The van der Waals surface area contributed by atoms with Gasteiger partial charge in [0.25, 0.3) is 0 Å². The van der Waals surface area contributed by atoms with Crippen molar-refractivity contribution in [1.82, 2.24) is 14.9 Å². The third-order valence-electron chi connectivity index (χ3n) is 4.58. The fraction of sp³-hybridized carbons (Fsp3) is 0.350. The van der Waals surface area contributed by atoms with Crippen LogP contribution in [0.25, 0.3) is 11.0 Å². The first-order valence-corrected chi connectivity index (χ1v) is 8.56. The molecule has 0 aliphatic carbocycles. The number of benzene rings is 2. The number of para-hydroxylation sites is 2. The summed E-state index contributed by atoms with van der Waals surface area (Å²) in [4.78, 5) is 4.71. The lowest BCUT2D eigenvalue weighted by Crippen LogP contribution is -2.31. The zero-order valence-electron chi connectivity index (χ0n) is 14.8. The lowest BCUT2D eigenvalue weighted by molar-refractivity contribution is 0.151. The number of hydrogen-bond donors (Lipinski definition) is 2. The van der Waals surface area contributed by atoms with Gasteiger partial charge in [-0.25, -0.2) is 9.37 Å². The molecule has 0 bridgehead atoms. The maximum atomic E-state index is 13.0. The summed E-state index contributed by atoms with van der Waals surface area (Å²) in [6, 6.07) is 14.2. The second-order valence-corrected chi connectivity index (χ2v) is 6.61. The Labute approximate surface area is 147 Å². The molecule has 2 N–H and O–H groups in total. The second-order valence-electron chi connectivity index (χ2n) is 6.61. The number of aromatic nitrogens is 2.